The Labute approximate surface area is 77.2 Å². The predicted molar refractivity (Wildman–Crippen MR) is 47.3 cm³/mol. The minimum atomic E-state index is 0.430. The molecule has 2 aliphatic heterocycles. The molecule has 2 fully saturated rings. The molecule has 3 atom stereocenters. The molecule has 13 heavy (non-hydrogen) atoms. The van der Waals surface area contributed by atoms with Gasteiger partial charge in [-0.1, -0.05) is 0 Å². The first-order valence-electron chi connectivity index (χ1n) is 4.85. The van der Waals surface area contributed by atoms with Crippen LogP contribution >= 0.6 is 0 Å². The molecule has 0 aliphatic carbocycles. The summed E-state index contributed by atoms with van der Waals surface area (Å²) in [7, 11) is 0. The molecule has 3 heterocycles. The van der Waals surface area contributed by atoms with Gasteiger partial charge in [-0.25, -0.2) is 9.97 Å². The van der Waals surface area contributed by atoms with E-state index in [1.54, 1.807) is 6.33 Å². The van der Waals surface area contributed by atoms with Gasteiger partial charge < -0.3 is 4.74 Å². The fourth-order valence-corrected chi connectivity index (χ4v) is 2.47. The van der Waals surface area contributed by atoms with Crippen LogP contribution in [0.1, 0.15) is 30.9 Å². The maximum absolute atomic E-state index is 5.78. The summed E-state index contributed by atoms with van der Waals surface area (Å²) in [6.07, 6.45) is 7.98. The molecule has 0 amide bonds. The number of hydrogen-bond donors (Lipinski definition) is 0. The van der Waals surface area contributed by atoms with E-state index in [1.807, 2.05) is 12.3 Å². The summed E-state index contributed by atoms with van der Waals surface area (Å²) in [6.45, 7) is 0. The van der Waals surface area contributed by atoms with E-state index in [1.165, 1.54) is 12.8 Å². The Morgan fingerprint density at radius 1 is 1.38 bits per heavy atom. The van der Waals surface area contributed by atoms with E-state index in [0.29, 0.717) is 18.1 Å². The van der Waals surface area contributed by atoms with Crippen LogP contribution in [0.2, 0.25) is 0 Å². The lowest BCUT2D eigenvalue weighted by molar-refractivity contribution is 0.100. The van der Waals surface area contributed by atoms with E-state index in [2.05, 4.69) is 9.97 Å². The van der Waals surface area contributed by atoms with Crippen LogP contribution in [0.4, 0.5) is 0 Å². The first-order valence-corrected chi connectivity index (χ1v) is 4.85. The van der Waals surface area contributed by atoms with Gasteiger partial charge in [0.15, 0.2) is 0 Å². The molecule has 0 N–H and O–H groups in total. The molecule has 0 aromatic carbocycles. The van der Waals surface area contributed by atoms with Gasteiger partial charge in [0.2, 0.25) is 0 Å². The van der Waals surface area contributed by atoms with Crippen molar-refractivity contribution in [1.82, 2.24) is 9.97 Å². The van der Waals surface area contributed by atoms with E-state index >= 15 is 0 Å². The predicted octanol–water partition coefficient (Wildman–Crippen LogP) is 1.51. The van der Waals surface area contributed by atoms with Crippen molar-refractivity contribution in [3.63, 3.8) is 0 Å². The average Bonchev–Trinajstić information content (AvgIpc) is 2.80. The fourth-order valence-electron chi connectivity index (χ4n) is 2.47. The topological polar surface area (TPSA) is 35.0 Å². The molecule has 3 heteroatoms. The highest BCUT2D eigenvalue weighted by Gasteiger charge is 2.41. The lowest BCUT2D eigenvalue weighted by Gasteiger charge is -2.17. The first kappa shape index (κ1) is 7.44. The summed E-state index contributed by atoms with van der Waals surface area (Å²) in [6, 6.07) is 2.01. The van der Waals surface area contributed by atoms with Crippen LogP contribution in [0.15, 0.2) is 18.6 Å². The van der Waals surface area contributed by atoms with Crippen LogP contribution in [0.3, 0.4) is 0 Å². The summed E-state index contributed by atoms with van der Waals surface area (Å²) < 4.78 is 5.78. The van der Waals surface area contributed by atoms with Crippen LogP contribution in [0, 0.1) is 0 Å². The van der Waals surface area contributed by atoms with E-state index in [9.17, 15) is 0 Å². The minimum Gasteiger partial charge on any atom is -0.374 e. The maximum Gasteiger partial charge on any atom is 0.115 e. The van der Waals surface area contributed by atoms with Crippen molar-refractivity contribution in [1.29, 1.82) is 0 Å². The minimum absolute atomic E-state index is 0.430. The van der Waals surface area contributed by atoms with Gasteiger partial charge in [-0.05, 0) is 25.3 Å². The van der Waals surface area contributed by atoms with Crippen LogP contribution < -0.4 is 0 Å². The third-order valence-corrected chi connectivity index (χ3v) is 3.09. The highest BCUT2D eigenvalue weighted by atomic mass is 16.5. The van der Waals surface area contributed by atoms with Crippen LogP contribution in [-0.4, -0.2) is 22.2 Å². The first-order chi connectivity index (χ1) is 6.43. The molecule has 68 valence electrons. The lowest BCUT2D eigenvalue weighted by atomic mass is 9.87. The van der Waals surface area contributed by atoms with Crippen molar-refractivity contribution in [2.24, 2.45) is 0 Å². The standard InChI is InChI=1S/C10H12N2O/c1-2-10-8(5-7(1)13-10)9-3-4-11-6-12-9/h3-4,6-8,10H,1-2,5H2/t7?,8?,10-/m0/s1. The van der Waals surface area contributed by atoms with Crippen molar-refractivity contribution in [2.45, 2.75) is 37.4 Å². The lowest BCUT2D eigenvalue weighted by Crippen LogP contribution is -2.15. The summed E-state index contributed by atoms with van der Waals surface area (Å²) in [5.74, 6) is 0.529. The smallest absolute Gasteiger partial charge is 0.115 e. The third kappa shape index (κ3) is 1.15. The zero-order chi connectivity index (χ0) is 8.67. The Hall–Kier alpha value is -0.960. The van der Waals surface area contributed by atoms with Gasteiger partial charge in [0.25, 0.3) is 0 Å². The second-order valence-electron chi connectivity index (χ2n) is 3.85. The van der Waals surface area contributed by atoms with Crippen molar-refractivity contribution < 1.29 is 4.74 Å². The third-order valence-electron chi connectivity index (χ3n) is 3.09. The van der Waals surface area contributed by atoms with Crippen LogP contribution in [0.25, 0.3) is 0 Å². The molecule has 2 unspecified atom stereocenters. The number of ether oxygens (including phenoxy) is 1. The van der Waals surface area contributed by atoms with Crippen LogP contribution in [-0.2, 0) is 4.74 Å². The zero-order valence-electron chi connectivity index (χ0n) is 7.39. The van der Waals surface area contributed by atoms with Crippen molar-refractivity contribution in [3.05, 3.63) is 24.3 Å². The second kappa shape index (κ2) is 2.77. The molecule has 3 nitrogen and oxygen atoms in total. The summed E-state index contributed by atoms with van der Waals surface area (Å²) >= 11 is 0. The monoisotopic (exact) mass is 176 g/mol. The molecular formula is C10H12N2O. The fraction of sp³-hybridized carbons (Fsp3) is 0.600. The molecule has 2 bridgehead atoms. The van der Waals surface area contributed by atoms with E-state index < -0.39 is 0 Å². The maximum atomic E-state index is 5.78. The van der Waals surface area contributed by atoms with Crippen molar-refractivity contribution in [2.75, 3.05) is 0 Å². The molecule has 1 aromatic rings. The Bertz CT molecular complexity index is 301. The molecule has 0 spiro atoms. The van der Waals surface area contributed by atoms with Crippen molar-refractivity contribution >= 4 is 0 Å². The molecule has 0 radical (unpaired) electrons. The number of nitrogens with zero attached hydrogens (tertiary/aromatic N) is 2. The summed E-state index contributed by atoms with van der Waals surface area (Å²) in [4.78, 5) is 8.22. The Kier molecular flexibility index (Phi) is 1.59. The van der Waals surface area contributed by atoms with E-state index in [4.69, 9.17) is 4.74 Å². The quantitative estimate of drug-likeness (QED) is 0.650. The van der Waals surface area contributed by atoms with Gasteiger partial charge in [-0.15, -0.1) is 0 Å². The van der Waals surface area contributed by atoms with Gasteiger partial charge in [0, 0.05) is 17.8 Å². The van der Waals surface area contributed by atoms with Gasteiger partial charge in [-0.3, -0.25) is 0 Å². The molecule has 2 aliphatic rings. The number of rotatable bonds is 1. The van der Waals surface area contributed by atoms with Crippen molar-refractivity contribution in [3.8, 4) is 0 Å². The Morgan fingerprint density at radius 3 is 3.00 bits per heavy atom. The number of fused-ring (bicyclic) bond motifs is 2. The molecule has 3 rings (SSSR count). The SMILES string of the molecule is c1cc(C2CC3CC[C@@H]2O3)ncn1. The summed E-state index contributed by atoms with van der Waals surface area (Å²) in [5.41, 5.74) is 1.15. The van der Waals surface area contributed by atoms with Gasteiger partial charge in [0.05, 0.1) is 12.2 Å². The molecule has 1 aromatic heterocycles. The Morgan fingerprint density at radius 2 is 2.38 bits per heavy atom. The average molecular weight is 176 g/mol. The second-order valence-corrected chi connectivity index (χ2v) is 3.85. The molecule has 0 saturated carbocycles. The highest BCUT2D eigenvalue weighted by molar-refractivity contribution is 5.13. The highest BCUT2D eigenvalue weighted by Crippen LogP contribution is 2.43. The van der Waals surface area contributed by atoms with Gasteiger partial charge in [-0.2, -0.15) is 0 Å². The van der Waals surface area contributed by atoms with Gasteiger partial charge >= 0.3 is 0 Å². The van der Waals surface area contributed by atoms with E-state index in [0.717, 1.165) is 12.1 Å². The van der Waals surface area contributed by atoms with E-state index in [-0.39, 0.29) is 0 Å². The Balaban J connectivity index is 1.87. The molecule has 2 saturated heterocycles. The normalized spacial score (nSPS) is 36.8. The van der Waals surface area contributed by atoms with Crippen LogP contribution in [0.5, 0.6) is 0 Å². The summed E-state index contributed by atoms with van der Waals surface area (Å²) in [5, 5.41) is 0. The number of aromatic nitrogens is 2. The number of hydrogen-bond acceptors (Lipinski definition) is 3. The zero-order valence-corrected chi connectivity index (χ0v) is 7.39. The largest absolute Gasteiger partial charge is 0.374 e. The molecular weight excluding hydrogens is 164 g/mol. The van der Waals surface area contributed by atoms with Gasteiger partial charge in [0.1, 0.15) is 6.33 Å².